The van der Waals surface area contributed by atoms with E-state index in [9.17, 15) is 13.2 Å². The van der Waals surface area contributed by atoms with Crippen LogP contribution in [0.1, 0.15) is 0 Å². The molecule has 1 heterocycles. The quantitative estimate of drug-likeness (QED) is 0.608. The van der Waals surface area contributed by atoms with Crippen molar-refractivity contribution < 1.29 is 13.2 Å². The number of amides is 1. The third-order valence-corrected chi connectivity index (χ3v) is 3.24. The molecule has 0 aliphatic heterocycles. The summed E-state index contributed by atoms with van der Waals surface area (Å²) in [5.74, 6) is -0.544. The monoisotopic (exact) mass is 244 g/mol. The summed E-state index contributed by atoms with van der Waals surface area (Å²) in [4.78, 5) is 14.4. The highest BCUT2D eigenvalue weighted by atomic mass is 32.2. The van der Waals surface area contributed by atoms with E-state index >= 15 is 0 Å². The first-order valence-corrected chi connectivity index (χ1v) is 5.86. The van der Waals surface area contributed by atoms with E-state index in [0.29, 0.717) is 0 Å². The Bertz CT molecular complexity index is 486. The van der Waals surface area contributed by atoms with Crippen LogP contribution in [0.5, 0.6) is 0 Å². The van der Waals surface area contributed by atoms with Crippen molar-refractivity contribution in [3.63, 3.8) is 0 Å². The summed E-state index contributed by atoms with van der Waals surface area (Å²) in [7, 11) is -2.38. The van der Waals surface area contributed by atoms with Crippen LogP contribution < -0.4 is 15.8 Å². The number of sulfonamides is 1. The second kappa shape index (κ2) is 4.90. The molecule has 0 fully saturated rings. The first kappa shape index (κ1) is 12.4. The Labute approximate surface area is 93.1 Å². The van der Waals surface area contributed by atoms with Crippen LogP contribution in [-0.4, -0.2) is 32.9 Å². The van der Waals surface area contributed by atoms with Gasteiger partial charge >= 0.3 is 0 Å². The molecule has 16 heavy (non-hydrogen) atoms. The Hall–Kier alpha value is -1.67. The fourth-order valence-electron chi connectivity index (χ4n) is 0.957. The minimum absolute atomic E-state index is 0.105. The third kappa shape index (κ3) is 2.91. The van der Waals surface area contributed by atoms with Crippen LogP contribution in [-0.2, 0) is 14.8 Å². The lowest BCUT2D eigenvalue weighted by Crippen LogP contribution is -2.35. The Morgan fingerprint density at radius 2 is 2.25 bits per heavy atom. The minimum atomic E-state index is -3.79. The molecule has 4 N–H and O–H groups in total. The Morgan fingerprint density at radius 1 is 1.56 bits per heavy atom. The van der Waals surface area contributed by atoms with Crippen molar-refractivity contribution in [3.8, 4) is 0 Å². The van der Waals surface area contributed by atoms with Crippen LogP contribution in [0.4, 0.5) is 5.82 Å². The SMILES string of the molecule is CNC(=O)CNS(=O)(=O)c1cccnc1N. The van der Waals surface area contributed by atoms with Crippen molar-refractivity contribution in [2.24, 2.45) is 0 Å². The Morgan fingerprint density at radius 3 is 2.81 bits per heavy atom. The summed E-state index contributed by atoms with van der Waals surface area (Å²) in [5.41, 5.74) is 5.41. The second-order valence-electron chi connectivity index (χ2n) is 2.88. The molecule has 0 saturated carbocycles. The molecule has 0 aliphatic carbocycles. The molecule has 0 radical (unpaired) electrons. The molecule has 0 aliphatic rings. The van der Waals surface area contributed by atoms with Gasteiger partial charge in [-0.3, -0.25) is 4.79 Å². The zero-order valence-electron chi connectivity index (χ0n) is 8.60. The molecule has 0 aromatic carbocycles. The standard InChI is InChI=1S/C8H12N4O3S/c1-10-7(13)5-12-16(14,15)6-3-2-4-11-8(6)9/h2-4,12H,5H2,1H3,(H2,9,11)(H,10,13). The average Bonchev–Trinajstić information content (AvgIpc) is 2.26. The zero-order valence-corrected chi connectivity index (χ0v) is 9.41. The number of carbonyl (C=O) groups excluding carboxylic acids is 1. The molecule has 88 valence electrons. The molecule has 7 nitrogen and oxygen atoms in total. The van der Waals surface area contributed by atoms with Crippen LogP contribution in [0.15, 0.2) is 23.2 Å². The molecule has 0 bridgehead atoms. The van der Waals surface area contributed by atoms with Gasteiger partial charge < -0.3 is 11.1 Å². The molecular formula is C8H12N4O3S. The summed E-state index contributed by atoms with van der Waals surface area (Å²) in [6, 6.07) is 2.76. The predicted molar refractivity (Wildman–Crippen MR) is 57.9 cm³/mol. The van der Waals surface area contributed by atoms with Gasteiger partial charge in [0, 0.05) is 13.2 Å². The summed E-state index contributed by atoms with van der Waals surface area (Å²) >= 11 is 0. The first-order chi connectivity index (χ1) is 7.47. The van der Waals surface area contributed by atoms with Crippen LogP contribution in [0, 0.1) is 0 Å². The molecule has 0 spiro atoms. The lowest BCUT2D eigenvalue weighted by Gasteiger charge is -2.07. The molecule has 0 saturated heterocycles. The average molecular weight is 244 g/mol. The summed E-state index contributed by atoms with van der Waals surface area (Å²) < 4.78 is 25.4. The van der Waals surface area contributed by atoms with E-state index < -0.39 is 15.9 Å². The highest BCUT2D eigenvalue weighted by Crippen LogP contribution is 2.13. The lowest BCUT2D eigenvalue weighted by molar-refractivity contribution is -0.119. The van der Waals surface area contributed by atoms with Gasteiger partial charge in [0.2, 0.25) is 15.9 Å². The highest BCUT2D eigenvalue weighted by molar-refractivity contribution is 7.89. The zero-order chi connectivity index (χ0) is 12.2. The number of hydrogen-bond donors (Lipinski definition) is 3. The van der Waals surface area contributed by atoms with Crippen molar-refractivity contribution >= 4 is 21.7 Å². The maximum atomic E-state index is 11.7. The number of nitrogens with one attached hydrogen (secondary N) is 2. The summed E-state index contributed by atoms with van der Waals surface area (Å²) in [6.07, 6.45) is 1.38. The predicted octanol–water partition coefficient (Wildman–Crippen LogP) is -1.31. The maximum Gasteiger partial charge on any atom is 0.244 e. The van der Waals surface area contributed by atoms with Crippen molar-refractivity contribution in [2.75, 3.05) is 19.3 Å². The minimum Gasteiger partial charge on any atom is -0.383 e. The molecular weight excluding hydrogens is 232 g/mol. The molecule has 1 rings (SSSR count). The molecule has 0 unspecified atom stereocenters. The smallest absolute Gasteiger partial charge is 0.244 e. The number of nitrogens with two attached hydrogens (primary N) is 1. The first-order valence-electron chi connectivity index (χ1n) is 4.38. The number of pyridine rings is 1. The number of likely N-dealkylation sites (N-methyl/N-ethyl adjacent to an activating group) is 1. The number of carbonyl (C=O) groups is 1. The van der Waals surface area contributed by atoms with Crippen molar-refractivity contribution in [2.45, 2.75) is 4.90 Å². The van der Waals surface area contributed by atoms with Crippen molar-refractivity contribution in [3.05, 3.63) is 18.3 Å². The molecule has 8 heteroatoms. The number of rotatable bonds is 4. The molecule has 1 aromatic rings. The number of nitrogens with zero attached hydrogens (tertiary/aromatic N) is 1. The van der Waals surface area contributed by atoms with Gasteiger partial charge in [0.25, 0.3) is 0 Å². The normalized spacial score (nSPS) is 11.1. The van der Waals surface area contributed by atoms with E-state index in [1.165, 1.54) is 25.4 Å². The number of nitrogen functional groups attached to an aromatic ring is 1. The van der Waals surface area contributed by atoms with Gasteiger partial charge in [-0.25, -0.2) is 18.1 Å². The van der Waals surface area contributed by atoms with Crippen LogP contribution in [0.2, 0.25) is 0 Å². The summed E-state index contributed by atoms with van der Waals surface area (Å²) in [6.45, 7) is -0.340. The third-order valence-electron chi connectivity index (χ3n) is 1.79. The van der Waals surface area contributed by atoms with Gasteiger partial charge in [-0.2, -0.15) is 0 Å². The van der Waals surface area contributed by atoms with Crippen molar-refractivity contribution in [1.82, 2.24) is 15.0 Å². The van der Waals surface area contributed by atoms with Crippen LogP contribution in [0.3, 0.4) is 0 Å². The number of aromatic nitrogens is 1. The van der Waals surface area contributed by atoms with E-state index in [4.69, 9.17) is 5.73 Å². The van der Waals surface area contributed by atoms with Crippen molar-refractivity contribution in [1.29, 1.82) is 0 Å². The fourth-order valence-corrected chi connectivity index (χ4v) is 2.02. The van der Waals surface area contributed by atoms with Gasteiger partial charge in [0.05, 0.1) is 6.54 Å². The van der Waals surface area contributed by atoms with E-state index in [1.807, 2.05) is 0 Å². The van der Waals surface area contributed by atoms with E-state index in [1.54, 1.807) is 0 Å². The van der Waals surface area contributed by atoms with Crippen LogP contribution in [0.25, 0.3) is 0 Å². The highest BCUT2D eigenvalue weighted by Gasteiger charge is 2.18. The van der Waals surface area contributed by atoms with E-state index in [-0.39, 0.29) is 17.3 Å². The Kier molecular flexibility index (Phi) is 3.80. The van der Waals surface area contributed by atoms with Gasteiger partial charge in [-0.1, -0.05) is 0 Å². The second-order valence-corrected chi connectivity index (χ2v) is 4.62. The summed E-state index contributed by atoms with van der Waals surface area (Å²) in [5, 5.41) is 2.29. The number of anilines is 1. The Balaban J connectivity index is 2.87. The molecule has 0 atom stereocenters. The van der Waals surface area contributed by atoms with Crippen LogP contribution >= 0.6 is 0 Å². The largest absolute Gasteiger partial charge is 0.383 e. The fraction of sp³-hybridized carbons (Fsp3) is 0.250. The molecule has 1 aromatic heterocycles. The van der Waals surface area contributed by atoms with Gasteiger partial charge in [0.15, 0.2) is 0 Å². The van der Waals surface area contributed by atoms with E-state index in [2.05, 4.69) is 15.0 Å². The lowest BCUT2D eigenvalue weighted by atomic mass is 10.5. The maximum absolute atomic E-state index is 11.7. The topological polar surface area (TPSA) is 114 Å². The van der Waals surface area contributed by atoms with Gasteiger partial charge in [-0.15, -0.1) is 0 Å². The van der Waals surface area contributed by atoms with E-state index in [0.717, 1.165) is 0 Å². The molecule has 1 amide bonds. The van der Waals surface area contributed by atoms with Gasteiger partial charge in [0.1, 0.15) is 10.7 Å². The number of hydrogen-bond acceptors (Lipinski definition) is 5. The van der Waals surface area contributed by atoms with Gasteiger partial charge in [-0.05, 0) is 12.1 Å².